The van der Waals surface area contributed by atoms with Crippen LogP contribution in [-0.4, -0.2) is 24.3 Å². The van der Waals surface area contributed by atoms with Crippen LogP contribution in [0.3, 0.4) is 0 Å². The first kappa shape index (κ1) is 14.0. The van der Waals surface area contributed by atoms with Gasteiger partial charge in [0.25, 0.3) is 0 Å². The van der Waals surface area contributed by atoms with Crippen molar-refractivity contribution in [3.63, 3.8) is 0 Å². The summed E-state index contributed by atoms with van der Waals surface area (Å²) in [6, 6.07) is 7.55. The van der Waals surface area contributed by atoms with Crippen molar-refractivity contribution in [1.29, 1.82) is 0 Å². The molecule has 0 saturated carbocycles. The van der Waals surface area contributed by atoms with Gasteiger partial charge in [-0.05, 0) is 51.4 Å². The molecule has 1 aromatic rings. The van der Waals surface area contributed by atoms with E-state index < -0.39 is 6.10 Å². The van der Waals surface area contributed by atoms with E-state index in [0.717, 1.165) is 17.9 Å². The van der Waals surface area contributed by atoms with E-state index >= 15 is 0 Å². The van der Waals surface area contributed by atoms with E-state index in [1.54, 1.807) is 7.11 Å². The van der Waals surface area contributed by atoms with E-state index in [-0.39, 0.29) is 5.54 Å². The Bertz CT molecular complexity index is 327. The van der Waals surface area contributed by atoms with Crippen molar-refractivity contribution < 1.29 is 9.84 Å². The highest BCUT2D eigenvalue weighted by Gasteiger charge is 2.11. The van der Waals surface area contributed by atoms with Crippen LogP contribution in [0.5, 0.6) is 5.75 Å². The molecule has 0 bridgehead atoms. The minimum Gasteiger partial charge on any atom is -0.497 e. The predicted octanol–water partition coefficient (Wildman–Crippen LogP) is 2.51. The molecule has 0 aliphatic rings. The van der Waals surface area contributed by atoms with Gasteiger partial charge in [0.15, 0.2) is 0 Å². The third-order valence-corrected chi connectivity index (χ3v) is 2.57. The first-order chi connectivity index (χ1) is 7.92. The third kappa shape index (κ3) is 5.20. The minimum absolute atomic E-state index is 0.0969. The van der Waals surface area contributed by atoms with E-state index in [1.807, 2.05) is 24.3 Å². The number of methoxy groups -OCH3 is 1. The fourth-order valence-electron chi connectivity index (χ4n) is 1.58. The SMILES string of the molecule is COc1ccc(C(O)CCNC(C)(C)C)cc1. The Hall–Kier alpha value is -1.06. The van der Waals surface area contributed by atoms with Gasteiger partial charge in [0.2, 0.25) is 0 Å². The van der Waals surface area contributed by atoms with Crippen LogP contribution in [0.2, 0.25) is 0 Å². The number of hydrogen-bond donors (Lipinski definition) is 2. The van der Waals surface area contributed by atoms with E-state index in [4.69, 9.17) is 4.74 Å². The molecule has 17 heavy (non-hydrogen) atoms. The monoisotopic (exact) mass is 237 g/mol. The third-order valence-electron chi connectivity index (χ3n) is 2.57. The topological polar surface area (TPSA) is 41.5 Å². The van der Waals surface area contributed by atoms with Crippen molar-refractivity contribution in [3.05, 3.63) is 29.8 Å². The molecular weight excluding hydrogens is 214 g/mol. The molecule has 0 fully saturated rings. The van der Waals surface area contributed by atoms with Gasteiger partial charge < -0.3 is 15.2 Å². The number of aliphatic hydroxyl groups is 1. The summed E-state index contributed by atoms with van der Waals surface area (Å²) >= 11 is 0. The molecule has 2 N–H and O–H groups in total. The first-order valence-corrected chi connectivity index (χ1v) is 5.99. The van der Waals surface area contributed by atoms with E-state index in [0.29, 0.717) is 6.42 Å². The van der Waals surface area contributed by atoms with Crippen LogP contribution in [0, 0.1) is 0 Å². The maximum Gasteiger partial charge on any atom is 0.118 e. The fourth-order valence-corrected chi connectivity index (χ4v) is 1.58. The van der Waals surface area contributed by atoms with Crippen LogP contribution < -0.4 is 10.1 Å². The van der Waals surface area contributed by atoms with Gasteiger partial charge in [-0.3, -0.25) is 0 Å². The Balaban J connectivity index is 2.43. The lowest BCUT2D eigenvalue weighted by atomic mass is 10.0. The second-order valence-corrected chi connectivity index (χ2v) is 5.25. The quantitative estimate of drug-likeness (QED) is 0.826. The van der Waals surface area contributed by atoms with Gasteiger partial charge in [-0.15, -0.1) is 0 Å². The normalized spacial score (nSPS) is 13.5. The average Bonchev–Trinajstić information content (AvgIpc) is 2.27. The molecule has 0 spiro atoms. The maximum atomic E-state index is 10.0. The molecule has 0 radical (unpaired) electrons. The number of nitrogens with one attached hydrogen (secondary N) is 1. The first-order valence-electron chi connectivity index (χ1n) is 5.99. The molecule has 96 valence electrons. The summed E-state index contributed by atoms with van der Waals surface area (Å²) in [4.78, 5) is 0. The van der Waals surface area contributed by atoms with Crippen molar-refractivity contribution in [3.8, 4) is 5.75 Å². The molecule has 0 aliphatic heterocycles. The Morgan fingerprint density at radius 3 is 2.29 bits per heavy atom. The molecule has 1 rings (SSSR count). The summed E-state index contributed by atoms with van der Waals surface area (Å²) in [5.41, 5.74) is 1.03. The van der Waals surface area contributed by atoms with Gasteiger partial charge in [0.05, 0.1) is 13.2 Å². The van der Waals surface area contributed by atoms with Crippen LogP contribution in [0.1, 0.15) is 38.9 Å². The average molecular weight is 237 g/mol. The van der Waals surface area contributed by atoms with Crippen molar-refractivity contribution in [1.82, 2.24) is 5.32 Å². The Labute approximate surface area is 104 Å². The number of aliphatic hydroxyl groups excluding tert-OH is 1. The smallest absolute Gasteiger partial charge is 0.118 e. The zero-order valence-electron chi connectivity index (χ0n) is 11.2. The molecule has 0 saturated heterocycles. The lowest BCUT2D eigenvalue weighted by Crippen LogP contribution is -2.36. The maximum absolute atomic E-state index is 10.0. The van der Waals surface area contributed by atoms with Crippen LogP contribution in [0.25, 0.3) is 0 Å². The van der Waals surface area contributed by atoms with Gasteiger partial charge in [0.1, 0.15) is 5.75 Å². The summed E-state index contributed by atoms with van der Waals surface area (Å²) in [5, 5.41) is 13.4. The van der Waals surface area contributed by atoms with Crippen LogP contribution in [0.4, 0.5) is 0 Å². The van der Waals surface area contributed by atoms with Gasteiger partial charge in [-0.1, -0.05) is 12.1 Å². The summed E-state index contributed by atoms with van der Waals surface area (Å²) < 4.78 is 5.08. The number of rotatable bonds is 5. The molecule has 0 amide bonds. The molecule has 1 atom stereocenters. The lowest BCUT2D eigenvalue weighted by molar-refractivity contribution is 0.163. The van der Waals surface area contributed by atoms with Gasteiger partial charge >= 0.3 is 0 Å². The fraction of sp³-hybridized carbons (Fsp3) is 0.571. The Morgan fingerprint density at radius 2 is 1.82 bits per heavy atom. The zero-order valence-corrected chi connectivity index (χ0v) is 11.2. The molecule has 0 aromatic heterocycles. The molecule has 1 unspecified atom stereocenters. The van der Waals surface area contributed by atoms with Crippen molar-refractivity contribution in [2.75, 3.05) is 13.7 Å². The highest BCUT2D eigenvalue weighted by Crippen LogP contribution is 2.19. The number of ether oxygens (including phenoxy) is 1. The summed E-state index contributed by atoms with van der Waals surface area (Å²) in [5.74, 6) is 0.814. The largest absolute Gasteiger partial charge is 0.497 e. The van der Waals surface area contributed by atoms with Crippen LogP contribution in [0.15, 0.2) is 24.3 Å². The molecule has 3 heteroatoms. The highest BCUT2D eigenvalue weighted by atomic mass is 16.5. The van der Waals surface area contributed by atoms with E-state index in [1.165, 1.54) is 0 Å². The predicted molar refractivity (Wildman–Crippen MR) is 70.3 cm³/mol. The Morgan fingerprint density at radius 1 is 1.24 bits per heavy atom. The standard InChI is InChI=1S/C14H23NO2/c1-14(2,3)15-10-9-13(16)11-5-7-12(17-4)8-6-11/h5-8,13,15-16H,9-10H2,1-4H3. The second-order valence-electron chi connectivity index (χ2n) is 5.25. The Kier molecular flexibility index (Phi) is 4.97. The minimum atomic E-state index is -0.421. The molecular formula is C14H23NO2. The van der Waals surface area contributed by atoms with Crippen molar-refractivity contribution in [2.24, 2.45) is 0 Å². The van der Waals surface area contributed by atoms with Crippen molar-refractivity contribution >= 4 is 0 Å². The molecule has 1 aromatic carbocycles. The lowest BCUT2D eigenvalue weighted by Gasteiger charge is -2.21. The van der Waals surface area contributed by atoms with Gasteiger partial charge in [-0.25, -0.2) is 0 Å². The summed E-state index contributed by atoms with van der Waals surface area (Å²) in [6.07, 6.45) is 0.291. The van der Waals surface area contributed by atoms with Crippen molar-refractivity contribution in [2.45, 2.75) is 38.8 Å². The summed E-state index contributed by atoms with van der Waals surface area (Å²) in [7, 11) is 1.64. The second kappa shape index (κ2) is 6.03. The molecule has 3 nitrogen and oxygen atoms in total. The van der Waals surface area contributed by atoms with Gasteiger partial charge in [0, 0.05) is 5.54 Å². The van der Waals surface area contributed by atoms with E-state index in [9.17, 15) is 5.11 Å². The number of hydrogen-bond acceptors (Lipinski definition) is 3. The highest BCUT2D eigenvalue weighted by molar-refractivity contribution is 5.28. The molecule has 0 aliphatic carbocycles. The summed E-state index contributed by atoms with van der Waals surface area (Å²) in [6.45, 7) is 7.16. The van der Waals surface area contributed by atoms with Gasteiger partial charge in [-0.2, -0.15) is 0 Å². The van der Waals surface area contributed by atoms with E-state index in [2.05, 4.69) is 26.1 Å². The molecule has 0 heterocycles. The van der Waals surface area contributed by atoms with Crippen LogP contribution >= 0.6 is 0 Å². The van der Waals surface area contributed by atoms with Crippen LogP contribution in [-0.2, 0) is 0 Å². The zero-order chi connectivity index (χ0) is 12.9. The number of benzene rings is 1.